The van der Waals surface area contributed by atoms with E-state index in [1.807, 2.05) is 37.3 Å². The van der Waals surface area contributed by atoms with E-state index in [0.29, 0.717) is 12.1 Å². The molecule has 2 aromatic rings. The first-order valence-electron chi connectivity index (χ1n) is 8.53. The van der Waals surface area contributed by atoms with Crippen LogP contribution >= 0.6 is 0 Å². The van der Waals surface area contributed by atoms with Gasteiger partial charge < -0.3 is 14.7 Å². The second kappa shape index (κ2) is 6.84. The molecule has 2 heterocycles. The summed E-state index contributed by atoms with van der Waals surface area (Å²) in [4.78, 5) is 18.8. The number of carbonyl (C=O) groups is 1. The molecule has 132 valence electrons. The van der Waals surface area contributed by atoms with E-state index < -0.39 is 5.60 Å². The van der Waals surface area contributed by atoms with Gasteiger partial charge in [-0.15, -0.1) is 0 Å². The maximum atomic E-state index is 12.9. The molecule has 5 heteroatoms. The summed E-state index contributed by atoms with van der Waals surface area (Å²) in [7, 11) is 1.61. The van der Waals surface area contributed by atoms with Gasteiger partial charge in [-0.25, -0.2) is 0 Å². The van der Waals surface area contributed by atoms with Crippen LogP contribution < -0.4 is 4.74 Å². The zero-order valence-electron chi connectivity index (χ0n) is 14.9. The number of carbonyl (C=O) groups excluding carboxylic acids is 1. The Hall–Kier alpha value is -2.40. The van der Waals surface area contributed by atoms with Gasteiger partial charge in [-0.1, -0.05) is 12.1 Å². The van der Waals surface area contributed by atoms with Gasteiger partial charge in [0.25, 0.3) is 5.91 Å². The third-order valence-electron chi connectivity index (χ3n) is 4.96. The molecule has 1 aliphatic heterocycles. The minimum atomic E-state index is -1.13. The number of amides is 1. The Balaban J connectivity index is 1.87. The average molecular weight is 340 g/mol. The average Bonchev–Trinajstić information content (AvgIpc) is 3.11. The van der Waals surface area contributed by atoms with Crippen molar-refractivity contribution in [3.8, 4) is 5.75 Å². The largest absolute Gasteiger partial charge is 0.497 e. The van der Waals surface area contributed by atoms with Crippen molar-refractivity contribution in [1.29, 1.82) is 0 Å². The molecule has 1 N–H and O–H groups in total. The molecule has 1 aromatic heterocycles. The van der Waals surface area contributed by atoms with E-state index in [2.05, 4.69) is 4.98 Å². The molecule has 1 saturated heterocycles. The van der Waals surface area contributed by atoms with Crippen LogP contribution in [0, 0.1) is 6.92 Å². The predicted octanol–water partition coefficient (Wildman–Crippen LogP) is 2.91. The molecule has 0 aliphatic carbocycles. The number of hydrogen-bond acceptors (Lipinski definition) is 4. The molecule has 1 fully saturated rings. The van der Waals surface area contributed by atoms with E-state index in [0.717, 1.165) is 29.7 Å². The molecule has 0 radical (unpaired) electrons. The van der Waals surface area contributed by atoms with Crippen LogP contribution in [0.4, 0.5) is 0 Å². The number of rotatable bonds is 4. The molecular formula is C20H24N2O3. The number of likely N-dealkylation sites (tertiary alicyclic amines) is 1. The van der Waals surface area contributed by atoms with Crippen molar-refractivity contribution in [3.05, 3.63) is 59.4 Å². The molecule has 2 unspecified atom stereocenters. The number of ether oxygens (including phenoxy) is 1. The summed E-state index contributed by atoms with van der Waals surface area (Å²) in [5.41, 5.74) is 1.16. The summed E-state index contributed by atoms with van der Waals surface area (Å²) in [5, 5.41) is 11.2. The highest BCUT2D eigenvalue weighted by Gasteiger charge is 2.42. The van der Waals surface area contributed by atoms with Gasteiger partial charge in [0.2, 0.25) is 0 Å². The van der Waals surface area contributed by atoms with Crippen molar-refractivity contribution >= 4 is 5.91 Å². The van der Waals surface area contributed by atoms with Crippen molar-refractivity contribution in [2.24, 2.45) is 0 Å². The Morgan fingerprint density at radius 3 is 2.68 bits per heavy atom. The number of methoxy groups -OCH3 is 1. The third kappa shape index (κ3) is 3.37. The number of aryl methyl sites for hydroxylation is 1. The van der Waals surface area contributed by atoms with Gasteiger partial charge in [-0.2, -0.15) is 0 Å². The van der Waals surface area contributed by atoms with Crippen molar-refractivity contribution in [2.75, 3.05) is 13.7 Å². The fourth-order valence-corrected chi connectivity index (χ4v) is 3.55. The predicted molar refractivity (Wildman–Crippen MR) is 95.6 cm³/mol. The van der Waals surface area contributed by atoms with Crippen molar-refractivity contribution in [1.82, 2.24) is 9.88 Å². The minimum absolute atomic E-state index is 0.0764. The summed E-state index contributed by atoms with van der Waals surface area (Å²) in [6, 6.07) is 8.94. The van der Waals surface area contributed by atoms with Crippen LogP contribution in [0.3, 0.4) is 0 Å². The van der Waals surface area contributed by atoms with Gasteiger partial charge in [0.1, 0.15) is 11.4 Å². The monoisotopic (exact) mass is 340 g/mol. The Labute approximate surface area is 148 Å². The third-order valence-corrected chi connectivity index (χ3v) is 4.96. The highest BCUT2D eigenvalue weighted by atomic mass is 16.5. The van der Waals surface area contributed by atoms with Crippen LogP contribution in [0.25, 0.3) is 0 Å². The van der Waals surface area contributed by atoms with Crippen LogP contribution in [0.2, 0.25) is 0 Å². The fourth-order valence-electron chi connectivity index (χ4n) is 3.55. The van der Waals surface area contributed by atoms with Gasteiger partial charge in [-0.05, 0) is 56.0 Å². The number of hydrogen-bond donors (Lipinski definition) is 1. The van der Waals surface area contributed by atoms with Crippen LogP contribution in [0.1, 0.15) is 41.3 Å². The summed E-state index contributed by atoms with van der Waals surface area (Å²) in [6.45, 7) is 4.34. The first-order chi connectivity index (χ1) is 11.9. The molecule has 5 nitrogen and oxygen atoms in total. The topological polar surface area (TPSA) is 62.7 Å². The summed E-state index contributed by atoms with van der Waals surface area (Å²) in [6.07, 6.45) is 4.96. The van der Waals surface area contributed by atoms with E-state index in [1.54, 1.807) is 31.3 Å². The lowest BCUT2D eigenvalue weighted by Crippen LogP contribution is -2.48. The van der Waals surface area contributed by atoms with Crippen molar-refractivity contribution in [3.63, 3.8) is 0 Å². The van der Waals surface area contributed by atoms with Gasteiger partial charge >= 0.3 is 0 Å². The number of aliphatic hydroxyl groups is 1. The number of pyridine rings is 1. The smallest absolute Gasteiger partial charge is 0.255 e. The number of nitrogens with zero attached hydrogens (tertiary/aromatic N) is 2. The Morgan fingerprint density at radius 2 is 2.04 bits per heavy atom. The van der Waals surface area contributed by atoms with E-state index >= 15 is 0 Å². The molecule has 1 aromatic carbocycles. The van der Waals surface area contributed by atoms with Crippen LogP contribution in [0.5, 0.6) is 5.75 Å². The number of benzene rings is 1. The second-order valence-corrected chi connectivity index (χ2v) is 6.78. The Kier molecular flexibility index (Phi) is 4.77. The number of aromatic nitrogens is 1. The minimum Gasteiger partial charge on any atom is -0.497 e. The lowest BCUT2D eigenvalue weighted by atomic mass is 9.86. The molecule has 3 rings (SSSR count). The van der Waals surface area contributed by atoms with Crippen LogP contribution in [-0.2, 0) is 5.60 Å². The first-order valence-corrected chi connectivity index (χ1v) is 8.53. The van der Waals surface area contributed by atoms with Crippen LogP contribution in [0.15, 0.2) is 42.7 Å². The van der Waals surface area contributed by atoms with E-state index in [-0.39, 0.29) is 11.9 Å². The zero-order chi connectivity index (χ0) is 18.0. The molecule has 1 aliphatic rings. The Morgan fingerprint density at radius 1 is 1.32 bits per heavy atom. The maximum absolute atomic E-state index is 12.9. The molecule has 0 spiro atoms. The summed E-state index contributed by atoms with van der Waals surface area (Å²) >= 11 is 0. The molecular weight excluding hydrogens is 316 g/mol. The molecule has 1 amide bonds. The summed E-state index contributed by atoms with van der Waals surface area (Å²) < 4.78 is 5.18. The van der Waals surface area contributed by atoms with E-state index in [9.17, 15) is 9.90 Å². The van der Waals surface area contributed by atoms with Gasteiger partial charge in [0, 0.05) is 18.9 Å². The van der Waals surface area contributed by atoms with Crippen LogP contribution in [-0.4, -0.2) is 40.6 Å². The fraction of sp³-hybridized carbons (Fsp3) is 0.400. The Bertz CT molecular complexity index is 756. The summed E-state index contributed by atoms with van der Waals surface area (Å²) in [5.74, 6) is 0.664. The maximum Gasteiger partial charge on any atom is 0.255 e. The standard InChI is InChI=1S/C20H24N2O3/c1-14-11-15(13-21-12-14)19(23)22-10-4-5-18(22)20(2,24)16-6-8-17(25-3)9-7-16/h6-9,11-13,18,24H,4-5,10H2,1-3H3. The highest BCUT2D eigenvalue weighted by Crippen LogP contribution is 2.36. The van der Waals surface area contributed by atoms with Gasteiger partial charge in [0.05, 0.1) is 18.7 Å². The zero-order valence-corrected chi connectivity index (χ0v) is 14.9. The molecule has 25 heavy (non-hydrogen) atoms. The van der Waals surface area contributed by atoms with Gasteiger partial charge in [-0.3, -0.25) is 9.78 Å². The highest BCUT2D eigenvalue weighted by molar-refractivity contribution is 5.94. The lowest BCUT2D eigenvalue weighted by molar-refractivity contribution is -0.0177. The van der Waals surface area contributed by atoms with Crippen molar-refractivity contribution in [2.45, 2.75) is 38.3 Å². The van der Waals surface area contributed by atoms with E-state index in [4.69, 9.17) is 4.74 Å². The van der Waals surface area contributed by atoms with Crippen molar-refractivity contribution < 1.29 is 14.6 Å². The van der Waals surface area contributed by atoms with E-state index in [1.165, 1.54) is 0 Å². The quantitative estimate of drug-likeness (QED) is 0.929. The second-order valence-electron chi connectivity index (χ2n) is 6.78. The van der Waals surface area contributed by atoms with Gasteiger partial charge in [0.15, 0.2) is 0 Å². The molecule has 0 bridgehead atoms. The molecule has 2 atom stereocenters. The first kappa shape index (κ1) is 17.4. The molecule has 0 saturated carbocycles. The normalized spacial score (nSPS) is 19.5. The lowest BCUT2D eigenvalue weighted by Gasteiger charge is -2.37. The SMILES string of the molecule is COc1ccc(C(C)(O)C2CCCN2C(=O)c2cncc(C)c2)cc1.